The van der Waals surface area contributed by atoms with Crippen LogP contribution in [-0.2, 0) is 0 Å². The molecule has 0 amide bonds. The molecule has 1 aromatic rings. The maximum Gasteiger partial charge on any atom is 0.238 e. The van der Waals surface area contributed by atoms with Crippen molar-refractivity contribution in [1.29, 1.82) is 0 Å². The highest BCUT2D eigenvalue weighted by atomic mass is 35.5. The first-order valence-corrected chi connectivity index (χ1v) is 5.15. The van der Waals surface area contributed by atoms with E-state index in [9.17, 15) is 4.79 Å². The largest absolute Gasteiger partial charge is 0.398 e. The lowest BCUT2D eigenvalue weighted by atomic mass is 10.1. The molecule has 0 aromatic heterocycles. The zero-order valence-corrected chi connectivity index (χ0v) is 8.84. The van der Waals surface area contributed by atoms with Crippen molar-refractivity contribution in [1.82, 2.24) is 0 Å². The van der Waals surface area contributed by atoms with Crippen molar-refractivity contribution in [3.8, 4) is 11.8 Å². The number of Topliss-reactive ketones (excluding diaryl/α,β-unsaturated/α-hetero) is 1. The van der Waals surface area contributed by atoms with Gasteiger partial charge in [0.15, 0.2) is 0 Å². The van der Waals surface area contributed by atoms with Crippen LogP contribution in [0.2, 0.25) is 5.02 Å². The number of anilines is 1. The number of hydrogen-bond donors (Lipinski definition) is 1. The molecule has 1 fully saturated rings. The summed E-state index contributed by atoms with van der Waals surface area (Å²) in [6, 6.07) is 4.83. The lowest BCUT2D eigenvalue weighted by Gasteiger charge is -2.00. The van der Waals surface area contributed by atoms with Gasteiger partial charge in [-0.05, 0) is 37.0 Å². The van der Waals surface area contributed by atoms with E-state index in [1.54, 1.807) is 18.2 Å². The van der Waals surface area contributed by atoms with E-state index in [1.165, 1.54) is 0 Å². The summed E-state index contributed by atoms with van der Waals surface area (Å²) in [5.74, 6) is 5.67. The standard InChI is InChI=1S/C12H10ClNO/c13-9-4-5-11(14)10(7-9)12(15)6-3-8-1-2-8/h4-5,7-8H,1-2,14H2. The Morgan fingerprint density at radius 3 is 2.87 bits per heavy atom. The number of nitrogen functional groups attached to an aromatic ring is 1. The lowest BCUT2D eigenvalue weighted by molar-refractivity contribution is 0.105. The normalized spacial score (nSPS) is 14.2. The van der Waals surface area contributed by atoms with Gasteiger partial charge in [-0.3, -0.25) is 4.79 Å². The molecule has 0 radical (unpaired) electrons. The fourth-order valence-electron chi connectivity index (χ4n) is 1.19. The molecule has 2 rings (SSSR count). The zero-order chi connectivity index (χ0) is 10.8. The topological polar surface area (TPSA) is 43.1 Å². The van der Waals surface area contributed by atoms with Gasteiger partial charge in [-0.2, -0.15) is 0 Å². The molecule has 0 atom stereocenters. The van der Waals surface area contributed by atoms with Crippen molar-refractivity contribution in [3.05, 3.63) is 28.8 Å². The molecule has 0 saturated heterocycles. The highest BCUT2D eigenvalue weighted by Crippen LogP contribution is 2.27. The first kappa shape index (κ1) is 10.1. The third-order valence-corrected chi connectivity index (χ3v) is 2.46. The van der Waals surface area contributed by atoms with Gasteiger partial charge in [0, 0.05) is 16.6 Å². The van der Waals surface area contributed by atoms with E-state index in [4.69, 9.17) is 17.3 Å². The molecular weight excluding hydrogens is 210 g/mol. The Morgan fingerprint density at radius 1 is 1.47 bits per heavy atom. The molecule has 2 nitrogen and oxygen atoms in total. The van der Waals surface area contributed by atoms with Crippen LogP contribution in [0, 0.1) is 17.8 Å². The van der Waals surface area contributed by atoms with Crippen LogP contribution in [0.15, 0.2) is 18.2 Å². The Labute approximate surface area is 93.4 Å². The van der Waals surface area contributed by atoms with Crippen LogP contribution in [0.5, 0.6) is 0 Å². The quantitative estimate of drug-likeness (QED) is 0.341. The van der Waals surface area contributed by atoms with E-state index in [2.05, 4.69) is 11.8 Å². The number of rotatable bonds is 1. The number of carbonyl (C=O) groups excluding carboxylic acids is 1. The maximum absolute atomic E-state index is 11.6. The van der Waals surface area contributed by atoms with Crippen LogP contribution < -0.4 is 5.73 Å². The van der Waals surface area contributed by atoms with Crippen molar-refractivity contribution in [2.75, 3.05) is 5.73 Å². The molecular formula is C12H10ClNO. The lowest BCUT2D eigenvalue weighted by Crippen LogP contribution is -2.01. The molecule has 1 saturated carbocycles. The summed E-state index contributed by atoms with van der Waals surface area (Å²) in [6.07, 6.45) is 2.20. The number of benzene rings is 1. The average molecular weight is 220 g/mol. The Balaban J connectivity index is 2.24. The van der Waals surface area contributed by atoms with Gasteiger partial charge in [-0.25, -0.2) is 0 Å². The molecule has 1 aromatic carbocycles. The highest BCUT2D eigenvalue weighted by Gasteiger charge is 2.18. The SMILES string of the molecule is Nc1ccc(Cl)cc1C(=O)C#CC1CC1. The van der Waals surface area contributed by atoms with Gasteiger partial charge in [-0.1, -0.05) is 17.5 Å². The van der Waals surface area contributed by atoms with Gasteiger partial charge in [-0.15, -0.1) is 0 Å². The summed E-state index contributed by atoms with van der Waals surface area (Å²) in [6.45, 7) is 0. The molecule has 3 heteroatoms. The number of nitrogens with two attached hydrogens (primary N) is 1. The minimum Gasteiger partial charge on any atom is -0.398 e. The van der Waals surface area contributed by atoms with Crippen LogP contribution in [0.25, 0.3) is 0 Å². The van der Waals surface area contributed by atoms with Gasteiger partial charge >= 0.3 is 0 Å². The second-order valence-electron chi connectivity index (χ2n) is 3.60. The maximum atomic E-state index is 11.6. The second-order valence-corrected chi connectivity index (χ2v) is 4.04. The smallest absolute Gasteiger partial charge is 0.238 e. The molecule has 0 unspecified atom stereocenters. The Kier molecular flexibility index (Phi) is 2.66. The number of hydrogen-bond acceptors (Lipinski definition) is 2. The predicted molar refractivity (Wildman–Crippen MR) is 60.7 cm³/mol. The van der Waals surface area contributed by atoms with Gasteiger partial charge in [0.05, 0.1) is 5.56 Å². The minimum absolute atomic E-state index is 0.248. The van der Waals surface area contributed by atoms with E-state index in [-0.39, 0.29) is 5.78 Å². The molecule has 0 heterocycles. The molecule has 76 valence electrons. The highest BCUT2D eigenvalue weighted by molar-refractivity contribution is 6.31. The van der Waals surface area contributed by atoms with E-state index in [0.29, 0.717) is 22.2 Å². The van der Waals surface area contributed by atoms with Crippen LogP contribution in [0.1, 0.15) is 23.2 Å². The number of ketones is 1. The fraction of sp³-hybridized carbons (Fsp3) is 0.250. The van der Waals surface area contributed by atoms with E-state index >= 15 is 0 Å². The van der Waals surface area contributed by atoms with Gasteiger partial charge in [0.25, 0.3) is 0 Å². The second kappa shape index (κ2) is 3.96. The molecule has 0 aliphatic heterocycles. The van der Waals surface area contributed by atoms with Gasteiger partial charge in [0.2, 0.25) is 5.78 Å². The molecule has 0 bridgehead atoms. The summed E-state index contributed by atoms with van der Waals surface area (Å²) in [5, 5.41) is 0.501. The van der Waals surface area contributed by atoms with Crippen molar-refractivity contribution >= 4 is 23.1 Å². The monoisotopic (exact) mass is 219 g/mol. The van der Waals surface area contributed by atoms with Crippen LogP contribution in [-0.4, -0.2) is 5.78 Å². The van der Waals surface area contributed by atoms with Gasteiger partial charge in [0.1, 0.15) is 0 Å². The third-order valence-electron chi connectivity index (χ3n) is 2.23. The van der Waals surface area contributed by atoms with E-state index in [0.717, 1.165) is 12.8 Å². The third kappa shape index (κ3) is 2.51. The van der Waals surface area contributed by atoms with Crippen LogP contribution in [0.4, 0.5) is 5.69 Å². The molecule has 1 aliphatic carbocycles. The first-order valence-electron chi connectivity index (χ1n) is 4.77. The molecule has 0 spiro atoms. The fourth-order valence-corrected chi connectivity index (χ4v) is 1.36. The summed E-state index contributed by atoms with van der Waals surface area (Å²) in [5.41, 5.74) is 6.49. The molecule has 2 N–H and O–H groups in total. The Bertz CT molecular complexity index is 466. The zero-order valence-electron chi connectivity index (χ0n) is 8.09. The summed E-state index contributed by atoms with van der Waals surface area (Å²) >= 11 is 5.78. The van der Waals surface area contributed by atoms with Crippen molar-refractivity contribution < 1.29 is 4.79 Å². The van der Waals surface area contributed by atoms with Crippen molar-refractivity contribution in [2.24, 2.45) is 5.92 Å². The van der Waals surface area contributed by atoms with Crippen LogP contribution in [0.3, 0.4) is 0 Å². The number of carbonyl (C=O) groups is 1. The minimum atomic E-state index is -0.248. The van der Waals surface area contributed by atoms with E-state index in [1.807, 2.05) is 0 Å². The summed E-state index contributed by atoms with van der Waals surface area (Å²) in [7, 11) is 0. The average Bonchev–Trinajstić information content (AvgIpc) is 3.02. The predicted octanol–water partition coefficient (Wildman–Crippen LogP) is 2.52. The Morgan fingerprint density at radius 2 is 2.20 bits per heavy atom. The summed E-state index contributed by atoms with van der Waals surface area (Å²) < 4.78 is 0. The Hall–Kier alpha value is -1.46. The summed E-state index contributed by atoms with van der Waals surface area (Å²) in [4.78, 5) is 11.6. The van der Waals surface area contributed by atoms with Gasteiger partial charge < -0.3 is 5.73 Å². The number of halogens is 1. The van der Waals surface area contributed by atoms with Crippen molar-refractivity contribution in [3.63, 3.8) is 0 Å². The first-order chi connectivity index (χ1) is 7.16. The van der Waals surface area contributed by atoms with E-state index < -0.39 is 0 Å². The molecule has 15 heavy (non-hydrogen) atoms. The molecule has 1 aliphatic rings. The van der Waals surface area contributed by atoms with Crippen LogP contribution >= 0.6 is 11.6 Å². The van der Waals surface area contributed by atoms with Crippen molar-refractivity contribution in [2.45, 2.75) is 12.8 Å².